The molecule has 138 valence electrons. The van der Waals surface area contributed by atoms with Crippen LogP contribution >= 0.6 is 22.6 Å². The zero-order valence-corrected chi connectivity index (χ0v) is 16.5. The van der Waals surface area contributed by atoms with Gasteiger partial charge in [-0.3, -0.25) is 9.67 Å². The number of fused-ring (bicyclic) bond motifs is 1. The summed E-state index contributed by atoms with van der Waals surface area (Å²) in [4.78, 5) is 4.22. The molecule has 1 atom stereocenters. The molecule has 2 aromatic heterocycles. The Morgan fingerprint density at radius 3 is 2.52 bits per heavy atom. The normalized spacial score (nSPS) is 16.8. The molecule has 0 amide bonds. The fraction of sp³-hybridized carbons (Fsp3) is 0.200. The second-order valence-corrected chi connectivity index (χ2v) is 7.66. The van der Waals surface area contributed by atoms with Gasteiger partial charge in [-0.2, -0.15) is 18.3 Å². The van der Waals surface area contributed by atoms with Crippen LogP contribution in [0.15, 0.2) is 48.8 Å². The molecule has 1 aromatic carbocycles. The van der Waals surface area contributed by atoms with Gasteiger partial charge in [-0.25, -0.2) is 0 Å². The van der Waals surface area contributed by atoms with E-state index >= 15 is 0 Å². The Bertz CT molecular complexity index is 1020. The molecule has 3 nitrogen and oxygen atoms in total. The number of rotatable bonds is 2. The van der Waals surface area contributed by atoms with Crippen LogP contribution in [0.2, 0.25) is 0 Å². The molecule has 1 aliphatic rings. The topological polar surface area (TPSA) is 30.7 Å². The Hall–Kier alpha value is -2.16. The van der Waals surface area contributed by atoms with E-state index in [1.807, 2.05) is 29.1 Å². The molecule has 1 aliphatic heterocycles. The van der Waals surface area contributed by atoms with Gasteiger partial charge in [-0.1, -0.05) is 12.1 Å². The average Bonchev–Trinajstić information content (AvgIpc) is 3.06. The van der Waals surface area contributed by atoms with Gasteiger partial charge in [0.15, 0.2) is 0 Å². The molecule has 3 aromatic rings. The first-order chi connectivity index (χ1) is 12.8. The molecule has 0 aliphatic carbocycles. The Labute approximate surface area is 168 Å². The third kappa shape index (κ3) is 3.52. The maximum Gasteiger partial charge on any atom is 0.416 e. The minimum Gasteiger partial charge on any atom is -0.262 e. The maximum absolute atomic E-state index is 12.8. The predicted molar refractivity (Wildman–Crippen MR) is 107 cm³/mol. The molecule has 0 radical (unpaired) electrons. The highest BCUT2D eigenvalue weighted by atomic mass is 127. The Balaban J connectivity index is 1.76. The number of aromatic nitrogens is 3. The largest absolute Gasteiger partial charge is 0.416 e. The van der Waals surface area contributed by atoms with Gasteiger partial charge in [0.2, 0.25) is 0 Å². The van der Waals surface area contributed by atoms with E-state index in [9.17, 15) is 13.2 Å². The number of benzene rings is 1. The van der Waals surface area contributed by atoms with Crippen LogP contribution in [0.3, 0.4) is 0 Å². The highest BCUT2D eigenvalue weighted by molar-refractivity contribution is 14.1. The average molecular weight is 481 g/mol. The van der Waals surface area contributed by atoms with Crippen LogP contribution in [0.4, 0.5) is 13.2 Å². The molecular weight excluding hydrogens is 466 g/mol. The van der Waals surface area contributed by atoms with Crippen LogP contribution in [0.25, 0.3) is 22.8 Å². The summed E-state index contributed by atoms with van der Waals surface area (Å²) in [5.41, 5.74) is 4.16. The Kier molecular flexibility index (Phi) is 4.57. The molecule has 0 N–H and O–H groups in total. The molecule has 0 fully saturated rings. The van der Waals surface area contributed by atoms with Crippen molar-refractivity contribution < 1.29 is 13.2 Å². The predicted octanol–water partition coefficient (Wildman–Crippen LogP) is 6.07. The van der Waals surface area contributed by atoms with Crippen LogP contribution in [0.1, 0.15) is 36.2 Å². The number of halogens is 4. The van der Waals surface area contributed by atoms with E-state index in [0.717, 1.165) is 43.8 Å². The van der Waals surface area contributed by atoms with Crippen LogP contribution in [-0.2, 0) is 6.18 Å². The van der Waals surface area contributed by atoms with Gasteiger partial charge in [0.25, 0.3) is 0 Å². The summed E-state index contributed by atoms with van der Waals surface area (Å²) >= 11 is 2.17. The van der Waals surface area contributed by atoms with Gasteiger partial charge >= 0.3 is 6.18 Å². The summed E-state index contributed by atoms with van der Waals surface area (Å²) in [5, 5.41) is 4.52. The van der Waals surface area contributed by atoms with E-state index in [4.69, 9.17) is 0 Å². The standard InChI is InChI=1S/C20H15F3IN3/c1-12-8-15(13-2-4-16(5-3-13)20(21,22)23)9-18-17(11-26-27(12)18)14-6-7-25-19(24)10-14/h2-7,9-12H,8H2,1H3. The van der Waals surface area contributed by atoms with Gasteiger partial charge < -0.3 is 0 Å². The fourth-order valence-corrected chi connectivity index (χ4v) is 3.86. The highest BCUT2D eigenvalue weighted by Gasteiger charge is 2.30. The van der Waals surface area contributed by atoms with E-state index in [0.29, 0.717) is 6.42 Å². The Morgan fingerprint density at radius 2 is 1.85 bits per heavy atom. The minimum atomic E-state index is -4.32. The molecule has 0 spiro atoms. The number of hydrogen-bond acceptors (Lipinski definition) is 2. The smallest absolute Gasteiger partial charge is 0.262 e. The van der Waals surface area contributed by atoms with Gasteiger partial charge in [0.1, 0.15) is 3.70 Å². The van der Waals surface area contributed by atoms with E-state index in [1.54, 1.807) is 18.3 Å². The molecule has 3 heterocycles. The van der Waals surface area contributed by atoms with Gasteiger partial charge in [0, 0.05) is 11.8 Å². The van der Waals surface area contributed by atoms with Crippen molar-refractivity contribution in [1.29, 1.82) is 0 Å². The molecule has 1 unspecified atom stereocenters. The molecule has 7 heteroatoms. The zero-order valence-electron chi connectivity index (χ0n) is 14.3. The van der Waals surface area contributed by atoms with Crippen molar-refractivity contribution in [1.82, 2.24) is 14.8 Å². The van der Waals surface area contributed by atoms with Gasteiger partial charge in [0.05, 0.1) is 23.5 Å². The SMILES string of the molecule is CC1CC(c2ccc(C(F)(F)F)cc2)=Cc2c(-c3ccnc(I)c3)cnn21. The van der Waals surface area contributed by atoms with Crippen LogP contribution < -0.4 is 0 Å². The highest BCUT2D eigenvalue weighted by Crippen LogP contribution is 2.38. The molecule has 0 saturated heterocycles. The lowest BCUT2D eigenvalue weighted by Crippen LogP contribution is -2.14. The van der Waals surface area contributed by atoms with Crippen LogP contribution in [0, 0.1) is 3.70 Å². The first kappa shape index (κ1) is 18.2. The molecular formula is C20H15F3IN3. The van der Waals surface area contributed by atoms with E-state index in [1.165, 1.54) is 0 Å². The van der Waals surface area contributed by atoms with E-state index in [2.05, 4.69) is 39.6 Å². The summed E-state index contributed by atoms with van der Waals surface area (Å²) in [6, 6.07) is 9.41. The molecule has 4 rings (SSSR count). The molecule has 0 saturated carbocycles. The number of nitrogens with zero attached hydrogens (tertiary/aromatic N) is 3. The van der Waals surface area contributed by atoms with Gasteiger partial charge in [-0.05, 0) is 83.0 Å². The zero-order chi connectivity index (χ0) is 19.2. The number of pyridine rings is 1. The lowest BCUT2D eigenvalue weighted by Gasteiger charge is -2.23. The number of alkyl halides is 3. The fourth-order valence-electron chi connectivity index (χ4n) is 3.36. The first-order valence-electron chi connectivity index (χ1n) is 8.40. The van der Waals surface area contributed by atoms with Crippen molar-refractivity contribution in [3.8, 4) is 11.1 Å². The van der Waals surface area contributed by atoms with Crippen molar-refractivity contribution in [3.05, 3.63) is 69.3 Å². The van der Waals surface area contributed by atoms with Gasteiger partial charge in [-0.15, -0.1) is 0 Å². The van der Waals surface area contributed by atoms with Crippen molar-refractivity contribution >= 4 is 34.2 Å². The second-order valence-electron chi connectivity index (χ2n) is 6.55. The lowest BCUT2D eigenvalue weighted by atomic mass is 9.93. The van der Waals surface area contributed by atoms with Crippen molar-refractivity contribution in [2.75, 3.05) is 0 Å². The number of allylic oxidation sites excluding steroid dienone is 1. The third-order valence-corrected chi connectivity index (χ3v) is 5.29. The Morgan fingerprint density at radius 1 is 1.11 bits per heavy atom. The second kappa shape index (κ2) is 6.78. The summed E-state index contributed by atoms with van der Waals surface area (Å²) in [7, 11) is 0. The third-order valence-electron chi connectivity index (χ3n) is 4.70. The van der Waals surface area contributed by atoms with E-state index < -0.39 is 11.7 Å². The van der Waals surface area contributed by atoms with Crippen LogP contribution in [-0.4, -0.2) is 14.8 Å². The first-order valence-corrected chi connectivity index (χ1v) is 9.48. The van der Waals surface area contributed by atoms with E-state index in [-0.39, 0.29) is 6.04 Å². The van der Waals surface area contributed by atoms with Crippen molar-refractivity contribution in [2.24, 2.45) is 0 Å². The number of hydrogen-bond donors (Lipinski definition) is 0. The molecule has 27 heavy (non-hydrogen) atoms. The monoisotopic (exact) mass is 481 g/mol. The maximum atomic E-state index is 12.8. The van der Waals surface area contributed by atoms with Crippen molar-refractivity contribution in [3.63, 3.8) is 0 Å². The summed E-state index contributed by atoms with van der Waals surface area (Å²) in [5.74, 6) is 0. The van der Waals surface area contributed by atoms with Crippen molar-refractivity contribution in [2.45, 2.75) is 25.6 Å². The molecule has 0 bridgehead atoms. The lowest BCUT2D eigenvalue weighted by molar-refractivity contribution is -0.137. The summed E-state index contributed by atoms with van der Waals surface area (Å²) in [6.45, 7) is 2.06. The summed E-state index contributed by atoms with van der Waals surface area (Å²) in [6.07, 6.45) is 2.01. The quantitative estimate of drug-likeness (QED) is 0.329. The summed E-state index contributed by atoms with van der Waals surface area (Å²) < 4.78 is 41.3. The minimum absolute atomic E-state index is 0.122. The van der Waals surface area contributed by atoms with Crippen LogP contribution in [0.5, 0.6) is 0 Å².